The summed E-state index contributed by atoms with van der Waals surface area (Å²) in [7, 11) is 0. The van der Waals surface area contributed by atoms with Gasteiger partial charge in [-0.15, -0.1) is 10.2 Å². The van der Waals surface area contributed by atoms with Crippen LogP contribution in [0.1, 0.15) is 13.3 Å². The monoisotopic (exact) mass is 265 g/mol. The van der Waals surface area contributed by atoms with E-state index in [0.29, 0.717) is 0 Å². The maximum absolute atomic E-state index is 4.15. The predicted octanol–water partition coefficient (Wildman–Crippen LogP) is 3.12. The highest BCUT2D eigenvalue weighted by molar-refractivity contribution is 9.10. The van der Waals surface area contributed by atoms with Gasteiger partial charge in [0, 0.05) is 16.6 Å². The topological polar surface area (TPSA) is 30.7 Å². The number of hydrogen-bond donors (Lipinski definition) is 0. The Morgan fingerprint density at radius 1 is 1.33 bits per heavy atom. The molecular weight excluding hydrogens is 254 g/mol. The first-order valence-corrected chi connectivity index (χ1v) is 5.75. The molecule has 0 fully saturated rings. The van der Waals surface area contributed by atoms with Crippen LogP contribution in [0.5, 0.6) is 0 Å². The molecule has 0 radical (unpaired) electrons. The molecule has 0 unspecified atom stereocenters. The highest BCUT2D eigenvalue weighted by Gasteiger charge is 2.08. The summed E-state index contributed by atoms with van der Waals surface area (Å²) >= 11 is 3.52. The van der Waals surface area contributed by atoms with Gasteiger partial charge < -0.3 is 4.57 Å². The van der Waals surface area contributed by atoms with Crippen LogP contribution in [0.25, 0.3) is 11.4 Å². The van der Waals surface area contributed by atoms with Gasteiger partial charge in [-0.3, -0.25) is 0 Å². The fourth-order valence-electron chi connectivity index (χ4n) is 1.51. The molecule has 4 heteroatoms. The molecule has 0 atom stereocenters. The summed E-state index contributed by atoms with van der Waals surface area (Å²) < 4.78 is 3.12. The minimum Gasteiger partial charge on any atom is -0.314 e. The molecule has 2 rings (SSSR count). The van der Waals surface area contributed by atoms with Crippen molar-refractivity contribution in [3.8, 4) is 11.4 Å². The number of aryl methyl sites for hydroxylation is 1. The van der Waals surface area contributed by atoms with Crippen molar-refractivity contribution in [1.82, 2.24) is 14.8 Å². The van der Waals surface area contributed by atoms with Gasteiger partial charge in [-0.1, -0.05) is 41.1 Å². The zero-order chi connectivity index (χ0) is 10.7. The van der Waals surface area contributed by atoms with E-state index in [0.717, 1.165) is 28.8 Å². The van der Waals surface area contributed by atoms with Crippen LogP contribution in [-0.2, 0) is 6.54 Å². The molecule has 0 aliphatic carbocycles. The molecule has 0 spiro atoms. The second-order valence-electron chi connectivity index (χ2n) is 3.33. The third kappa shape index (κ3) is 2.09. The normalized spacial score (nSPS) is 10.5. The molecule has 2 aromatic rings. The van der Waals surface area contributed by atoms with Crippen molar-refractivity contribution in [2.75, 3.05) is 0 Å². The summed E-state index contributed by atoms with van der Waals surface area (Å²) in [6.07, 6.45) is 2.85. The van der Waals surface area contributed by atoms with Crippen molar-refractivity contribution in [3.63, 3.8) is 0 Å². The lowest BCUT2D eigenvalue weighted by Crippen LogP contribution is -1.98. The van der Waals surface area contributed by atoms with E-state index in [4.69, 9.17) is 0 Å². The molecule has 15 heavy (non-hydrogen) atoms. The van der Waals surface area contributed by atoms with Gasteiger partial charge in [0.1, 0.15) is 6.33 Å². The Kier molecular flexibility index (Phi) is 3.16. The Morgan fingerprint density at radius 2 is 2.13 bits per heavy atom. The standard InChI is InChI=1S/C11H12BrN3/c1-2-7-15-8-13-14-11(15)9-5-3-4-6-10(9)12/h3-6,8H,2,7H2,1H3. The highest BCUT2D eigenvalue weighted by atomic mass is 79.9. The van der Waals surface area contributed by atoms with Gasteiger partial charge in [0.25, 0.3) is 0 Å². The lowest BCUT2D eigenvalue weighted by Gasteiger charge is -2.05. The molecule has 0 saturated carbocycles. The van der Waals surface area contributed by atoms with Gasteiger partial charge in [0.05, 0.1) is 0 Å². The van der Waals surface area contributed by atoms with Gasteiger partial charge in [-0.05, 0) is 12.5 Å². The average molecular weight is 266 g/mol. The van der Waals surface area contributed by atoms with E-state index in [1.165, 1.54) is 0 Å². The fraction of sp³-hybridized carbons (Fsp3) is 0.273. The molecule has 1 aromatic carbocycles. The van der Waals surface area contributed by atoms with Gasteiger partial charge in [0.15, 0.2) is 5.82 Å². The van der Waals surface area contributed by atoms with Crippen LogP contribution < -0.4 is 0 Å². The Labute approximate surface area is 97.3 Å². The second kappa shape index (κ2) is 4.57. The van der Waals surface area contributed by atoms with E-state index in [9.17, 15) is 0 Å². The van der Waals surface area contributed by atoms with Gasteiger partial charge in [-0.25, -0.2) is 0 Å². The number of hydrogen-bond acceptors (Lipinski definition) is 2. The van der Waals surface area contributed by atoms with Gasteiger partial charge in [0.2, 0.25) is 0 Å². The SMILES string of the molecule is CCCn1cnnc1-c1ccccc1Br. The fourth-order valence-corrected chi connectivity index (χ4v) is 1.97. The lowest BCUT2D eigenvalue weighted by molar-refractivity contribution is 0.682. The summed E-state index contributed by atoms with van der Waals surface area (Å²) in [6.45, 7) is 3.09. The molecule has 3 nitrogen and oxygen atoms in total. The number of rotatable bonds is 3. The zero-order valence-electron chi connectivity index (χ0n) is 8.52. The van der Waals surface area contributed by atoms with Crippen molar-refractivity contribution >= 4 is 15.9 Å². The molecule has 0 amide bonds. The largest absolute Gasteiger partial charge is 0.314 e. The van der Waals surface area contributed by atoms with Crippen molar-refractivity contribution in [2.45, 2.75) is 19.9 Å². The minimum absolute atomic E-state index is 0.921. The molecular formula is C11H12BrN3. The van der Waals surface area contributed by atoms with Crippen LogP contribution in [0.4, 0.5) is 0 Å². The summed E-state index contributed by atoms with van der Waals surface area (Å²) in [5.74, 6) is 0.921. The zero-order valence-corrected chi connectivity index (χ0v) is 10.1. The maximum Gasteiger partial charge on any atom is 0.164 e. The van der Waals surface area contributed by atoms with Crippen molar-refractivity contribution in [1.29, 1.82) is 0 Å². The Balaban J connectivity index is 2.45. The third-order valence-electron chi connectivity index (χ3n) is 2.19. The summed E-state index contributed by atoms with van der Waals surface area (Å²) in [4.78, 5) is 0. The number of halogens is 1. The number of benzene rings is 1. The molecule has 0 N–H and O–H groups in total. The summed E-state index contributed by atoms with van der Waals surface area (Å²) in [5, 5.41) is 8.10. The minimum atomic E-state index is 0.921. The van der Waals surface area contributed by atoms with Crippen molar-refractivity contribution < 1.29 is 0 Å². The molecule has 1 aromatic heterocycles. The Hall–Kier alpha value is -1.16. The molecule has 0 bridgehead atoms. The van der Waals surface area contributed by atoms with E-state index < -0.39 is 0 Å². The molecule has 0 aliphatic heterocycles. The van der Waals surface area contributed by atoms with E-state index in [1.807, 2.05) is 24.3 Å². The second-order valence-corrected chi connectivity index (χ2v) is 4.18. The van der Waals surface area contributed by atoms with Crippen LogP contribution in [0, 0.1) is 0 Å². The number of aromatic nitrogens is 3. The molecule has 1 heterocycles. The highest BCUT2D eigenvalue weighted by Crippen LogP contribution is 2.25. The Bertz CT molecular complexity index is 451. The van der Waals surface area contributed by atoms with Crippen molar-refractivity contribution in [2.24, 2.45) is 0 Å². The van der Waals surface area contributed by atoms with Crippen molar-refractivity contribution in [3.05, 3.63) is 35.1 Å². The predicted molar refractivity (Wildman–Crippen MR) is 63.4 cm³/mol. The molecule has 78 valence electrons. The van der Waals surface area contributed by atoms with Crippen LogP contribution in [0.3, 0.4) is 0 Å². The Morgan fingerprint density at radius 3 is 2.87 bits per heavy atom. The van der Waals surface area contributed by atoms with Crippen LogP contribution >= 0.6 is 15.9 Å². The maximum atomic E-state index is 4.15. The first-order valence-electron chi connectivity index (χ1n) is 4.95. The summed E-state index contributed by atoms with van der Waals surface area (Å²) in [6, 6.07) is 8.06. The van der Waals surface area contributed by atoms with E-state index >= 15 is 0 Å². The van der Waals surface area contributed by atoms with Gasteiger partial charge in [-0.2, -0.15) is 0 Å². The van der Waals surface area contributed by atoms with E-state index in [1.54, 1.807) is 6.33 Å². The quantitative estimate of drug-likeness (QED) is 0.854. The number of nitrogens with zero attached hydrogens (tertiary/aromatic N) is 3. The average Bonchev–Trinajstić information content (AvgIpc) is 2.67. The van der Waals surface area contributed by atoms with Crippen LogP contribution in [-0.4, -0.2) is 14.8 Å². The first-order chi connectivity index (χ1) is 7.33. The van der Waals surface area contributed by atoms with Crippen LogP contribution in [0.15, 0.2) is 35.1 Å². The van der Waals surface area contributed by atoms with Crippen LogP contribution in [0.2, 0.25) is 0 Å². The smallest absolute Gasteiger partial charge is 0.164 e. The van der Waals surface area contributed by atoms with E-state index in [2.05, 4.69) is 37.6 Å². The lowest BCUT2D eigenvalue weighted by atomic mass is 10.2. The third-order valence-corrected chi connectivity index (χ3v) is 2.89. The summed E-state index contributed by atoms with van der Waals surface area (Å²) in [5.41, 5.74) is 1.09. The molecule has 0 aliphatic rings. The van der Waals surface area contributed by atoms with E-state index in [-0.39, 0.29) is 0 Å². The van der Waals surface area contributed by atoms with Gasteiger partial charge >= 0.3 is 0 Å². The first kappa shape index (κ1) is 10.4. The molecule has 0 saturated heterocycles.